The van der Waals surface area contributed by atoms with Crippen LogP contribution in [0.25, 0.3) is 11.3 Å². The Morgan fingerprint density at radius 1 is 1.15 bits per heavy atom. The van der Waals surface area contributed by atoms with Gasteiger partial charge >= 0.3 is 0 Å². The first-order chi connectivity index (χ1) is 12.7. The minimum Gasteiger partial charge on any atom is -0.497 e. The van der Waals surface area contributed by atoms with Crippen LogP contribution in [-0.4, -0.2) is 43.1 Å². The van der Waals surface area contributed by atoms with Crippen molar-refractivity contribution in [3.05, 3.63) is 30.3 Å². The molecular formula is C20H26N2O4. The van der Waals surface area contributed by atoms with Gasteiger partial charge in [-0.15, -0.1) is 0 Å². The lowest BCUT2D eigenvalue weighted by atomic mass is 10.1. The molecule has 3 rings (SSSR count). The molecule has 1 aliphatic heterocycles. The van der Waals surface area contributed by atoms with Crippen LogP contribution in [-0.2, 0) is 11.2 Å². The van der Waals surface area contributed by atoms with Gasteiger partial charge in [0.25, 0.3) is 0 Å². The van der Waals surface area contributed by atoms with Crippen molar-refractivity contribution >= 4 is 5.91 Å². The van der Waals surface area contributed by atoms with E-state index in [1.165, 1.54) is 12.8 Å². The molecule has 0 saturated carbocycles. The lowest BCUT2D eigenvalue weighted by Crippen LogP contribution is -2.31. The summed E-state index contributed by atoms with van der Waals surface area (Å²) in [6, 6.07) is 5.54. The molecule has 6 nitrogen and oxygen atoms in total. The zero-order chi connectivity index (χ0) is 18.4. The number of oxazole rings is 1. The fourth-order valence-corrected chi connectivity index (χ4v) is 3.24. The molecule has 1 aromatic carbocycles. The van der Waals surface area contributed by atoms with E-state index in [-0.39, 0.29) is 5.91 Å². The van der Waals surface area contributed by atoms with Crippen LogP contribution in [0.15, 0.2) is 28.8 Å². The van der Waals surface area contributed by atoms with Gasteiger partial charge in [0.05, 0.1) is 26.0 Å². The Hall–Kier alpha value is -2.50. The first-order valence-corrected chi connectivity index (χ1v) is 9.16. The van der Waals surface area contributed by atoms with E-state index in [1.54, 1.807) is 26.5 Å². The molecule has 1 aromatic heterocycles. The van der Waals surface area contributed by atoms with Gasteiger partial charge in [-0.05, 0) is 25.0 Å². The van der Waals surface area contributed by atoms with Crippen LogP contribution in [0, 0.1) is 0 Å². The van der Waals surface area contributed by atoms with Gasteiger partial charge in [-0.25, -0.2) is 4.98 Å². The molecule has 0 bridgehead atoms. The quantitative estimate of drug-likeness (QED) is 0.788. The number of ether oxygens (including phenoxy) is 2. The predicted molar refractivity (Wildman–Crippen MR) is 98.4 cm³/mol. The van der Waals surface area contributed by atoms with Gasteiger partial charge in [0.15, 0.2) is 11.7 Å². The standard InChI is InChI=1S/C20H26N2O4/c1-24-15-7-8-16(17(13-15)25-2)18-14-21-19(26-18)9-10-20(23)22-11-5-3-4-6-12-22/h7-8,13-14H,3-6,9-12H2,1-2H3. The molecule has 1 aliphatic rings. The third-order valence-corrected chi connectivity index (χ3v) is 4.74. The maximum Gasteiger partial charge on any atom is 0.223 e. The summed E-state index contributed by atoms with van der Waals surface area (Å²) < 4.78 is 16.5. The van der Waals surface area contributed by atoms with Crippen LogP contribution in [0.1, 0.15) is 38.0 Å². The van der Waals surface area contributed by atoms with Gasteiger partial charge in [0, 0.05) is 32.0 Å². The molecule has 0 N–H and O–H groups in total. The second-order valence-electron chi connectivity index (χ2n) is 6.48. The summed E-state index contributed by atoms with van der Waals surface area (Å²) in [4.78, 5) is 18.7. The number of likely N-dealkylation sites (tertiary alicyclic amines) is 1. The third-order valence-electron chi connectivity index (χ3n) is 4.74. The first-order valence-electron chi connectivity index (χ1n) is 9.16. The van der Waals surface area contributed by atoms with Crippen molar-refractivity contribution in [3.63, 3.8) is 0 Å². The summed E-state index contributed by atoms with van der Waals surface area (Å²) in [6.07, 6.45) is 7.26. The van der Waals surface area contributed by atoms with Gasteiger partial charge in [0.2, 0.25) is 5.91 Å². The number of methoxy groups -OCH3 is 2. The van der Waals surface area contributed by atoms with Crippen molar-refractivity contribution in [2.45, 2.75) is 38.5 Å². The smallest absolute Gasteiger partial charge is 0.223 e. The van der Waals surface area contributed by atoms with Gasteiger partial charge in [0.1, 0.15) is 11.5 Å². The van der Waals surface area contributed by atoms with Crippen LogP contribution in [0.2, 0.25) is 0 Å². The van der Waals surface area contributed by atoms with Crippen molar-refractivity contribution < 1.29 is 18.7 Å². The number of aromatic nitrogens is 1. The molecule has 0 spiro atoms. The SMILES string of the molecule is COc1ccc(-c2cnc(CCC(=O)N3CCCCCC3)o2)c(OC)c1. The van der Waals surface area contributed by atoms with Gasteiger partial charge < -0.3 is 18.8 Å². The second-order valence-corrected chi connectivity index (χ2v) is 6.48. The van der Waals surface area contributed by atoms with Crippen LogP contribution >= 0.6 is 0 Å². The zero-order valence-electron chi connectivity index (χ0n) is 15.5. The van der Waals surface area contributed by atoms with Crippen LogP contribution in [0.3, 0.4) is 0 Å². The molecular weight excluding hydrogens is 332 g/mol. The van der Waals surface area contributed by atoms with Crippen molar-refractivity contribution in [3.8, 4) is 22.8 Å². The Morgan fingerprint density at radius 2 is 1.92 bits per heavy atom. The number of hydrogen-bond donors (Lipinski definition) is 0. The number of amides is 1. The molecule has 140 valence electrons. The Bertz CT molecular complexity index is 733. The highest BCUT2D eigenvalue weighted by atomic mass is 16.5. The minimum absolute atomic E-state index is 0.189. The van der Waals surface area contributed by atoms with Crippen molar-refractivity contribution in [2.75, 3.05) is 27.3 Å². The number of nitrogens with zero attached hydrogens (tertiary/aromatic N) is 2. The van der Waals surface area contributed by atoms with Crippen LogP contribution < -0.4 is 9.47 Å². The fourth-order valence-electron chi connectivity index (χ4n) is 3.24. The average Bonchev–Trinajstić information content (AvgIpc) is 2.97. The van der Waals surface area contributed by atoms with Gasteiger partial charge in [-0.3, -0.25) is 4.79 Å². The van der Waals surface area contributed by atoms with E-state index >= 15 is 0 Å². The van der Waals surface area contributed by atoms with Gasteiger partial charge in [-0.2, -0.15) is 0 Å². The van der Waals surface area contributed by atoms with E-state index in [2.05, 4.69) is 4.98 Å². The van der Waals surface area contributed by atoms with E-state index in [1.807, 2.05) is 17.0 Å². The summed E-state index contributed by atoms with van der Waals surface area (Å²) in [6.45, 7) is 1.75. The lowest BCUT2D eigenvalue weighted by Gasteiger charge is -2.19. The Kier molecular flexibility index (Phi) is 6.15. The highest BCUT2D eigenvalue weighted by Gasteiger charge is 2.17. The predicted octanol–water partition coefficient (Wildman–Crippen LogP) is 3.69. The summed E-state index contributed by atoms with van der Waals surface area (Å²) >= 11 is 0. The van der Waals surface area contributed by atoms with Crippen LogP contribution in [0.5, 0.6) is 11.5 Å². The third kappa shape index (κ3) is 4.36. The van der Waals surface area contributed by atoms with E-state index in [0.29, 0.717) is 36.0 Å². The Morgan fingerprint density at radius 3 is 2.62 bits per heavy atom. The molecule has 26 heavy (non-hydrogen) atoms. The molecule has 0 atom stereocenters. The number of carbonyl (C=O) groups is 1. The number of carbonyl (C=O) groups excluding carboxylic acids is 1. The molecule has 2 aromatic rings. The van der Waals surface area contributed by atoms with E-state index in [0.717, 1.165) is 31.5 Å². The van der Waals surface area contributed by atoms with E-state index in [4.69, 9.17) is 13.9 Å². The summed E-state index contributed by atoms with van der Waals surface area (Å²) in [7, 11) is 3.22. The molecule has 2 heterocycles. The Labute approximate surface area is 154 Å². The topological polar surface area (TPSA) is 64.8 Å². The summed E-state index contributed by atoms with van der Waals surface area (Å²) in [5.74, 6) is 2.76. The molecule has 0 radical (unpaired) electrons. The highest BCUT2D eigenvalue weighted by Crippen LogP contribution is 2.33. The normalized spacial score (nSPS) is 14.8. The molecule has 1 amide bonds. The lowest BCUT2D eigenvalue weighted by molar-refractivity contribution is -0.131. The summed E-state index contributed by atoms with van der Waals surface area (Å²) in [5.41, 5.74) is 0.811. The van der Waals surface area contributed by atoms with E-state index in [9.17, 15) is 4.79 Å². The number of rotatable bonds is 6. The van der Waals surface area contributed by atoms with Crippen molar-refractivity contribution in [1.82, 2.24) is 9.88 Å². The average molecular weight is 358 g/mol. The molecule has 1 fully saturated rings. The van der Waals surface area contributed by atoms with Crippen LogP contribution in [0.4, 0.5) is 0 Å². The summed E-state index contributed by atoms with van der Waals surface area (Å²) in [5, 5.41) is 0. The molecule has 6 heteroatoms. The largest absolute Gasteiger partial charge is 0.497 e. The zero-order valence-corrected chi connectivity index (χ0v) is 15.5. The fraction of sp³-hybridized carbons (Fsp3) is 0.500. The maximum absolute atomic E-state index is 12.4. The van der Waals surface area contributed by atoms with Crippen molar-refractivity contribution in [2.24, 2.45) is 0 Å². The second kappa shape index (κ2) is 8.74. The number of aryl methyl sites for hydroxylation is 1. The monoisotopic (exact) mass is 358 g/mol. The number of hydrogen-bond acceptors (Lipinski definition) is 5. The van der Waals surface area contributed by atoms with Gasteiger partial charge in [-0.1, -0.05) is 12.8 Å². The highest BCUT2D eigenvalue weighted by molar-refractivity contribution is 5.76. The number of benzene rings is 1. The molecule has 0 unspecified atom stereocenters. The Balaban J connectivity index is 1.64. The van der Waals surface area contributed by atoms with E-state index < -0.39 is 0 Å². The molecule has 0 aliphatic carbocycles. The minimum atomic E-state index is 0.189. The van der Waals surface area contributed by atoms with Crippen molar-refractivity contribution in [1.29, 1.82) is 0 Å². The molecule has 1 saturated heterocycles. The maximum atomic E-state index is 12.4. The first kappa shape index (κ1) is 18.3.